The standard InChI is InChI=1S/C16H28N2O3/c1-12-9-18(10-13(12)2)15(21)17-11-16(14(19)20)7-5-3-4-6-8-16/h12-13H,3-11H2,1-2H3,(H,17,21)(H,19,20). The highest BCUT2D eigenvalue weighted by atomic mass is 16.4. The Bertz CT molecular complexity index is 379. The number of carbonyl (C=O) groups excluding carboxylic acids is 1. The van der Waals surface area contributed by atoms with Crippen LogP contribution in [0.1, 0.15) is 52.4 Å². The third kappa shape index (κ3) is 3.69. The minimum atomic E-state index is -0.761. The molecule has 5 heteroatoms. The van der Waals surface area contributed by atoms with Gasteiger partial charge >= 0.3 is 12.0 Å². The third-order valence-corrected chi connectivity index (χ3v) is 5.37. The van der Waals surface area contributed by atoms with Crippen molar-refractivity contribution in [3.63, 3.8) is 0 Å². The molecule has 1 heterocycles. The van der Waals surface area contributed by atoms with Crippen molar-refractivity contribution in [2.24, 2.45) is 17.3 Å². The molecule has 0 aromatic carbocycles. The second-order valence-electron chi connectivity index (χ2n) is 7.02. The van der Waals surface area contributed by atoms with Crippen LogP contribution in [0.15, 0.2) is 0 Å². The van der Waals surface area contributed by atoms with Gasteiger partial charge < -0.3 is 15.3 Å². The molecule has 2 N–H and O–H groups in total. The monoisotopic (exact) mass is 296 g/mol. The number of nitrogens with one attached hydrogen (secondary N) is 1. The number of carboxylic acids is 1. The quantitative estimate of drug-likeness (QED) is 0.787. The van der Waals surface area contributed by atoms with E-state index >= 15 is 0 Å². The molecule has 2 amide bonds. The average molecular weight is 296 g/mol. The number of nitrogens with zero attached hydrogens (tertiary/aromatic N) is 1. The molecule has 1 saturated heterocycles. The number of carboxylic acid groups (broad SMARTS) is 1. The van der Waals surface area contributed by atoms with Gasteiger partial charge in [0, 0.05) is 19.6 Å². The van der Waals surface area contributed by atoms with Crippen molar-refractivity contribution in [3.8, 4) is 0 Å². The number of hydrogen-bond donors (Lipinski definition) is 2. The molecular formula is C16H28N2O3. The molecule has 0 aromatic heterocycles. The first kappa shape index (κ1) is 16.1. The Morgan fingerprint density at radius 3 is 2.10 bits per heavy atom. The van der Waals surface area contributed by atoms with Gasteiger partial charge in [0.2, 0.25) is 0 Å². The normalized spacial score (nSPS) is 29.0. The van der Waals surface area contributed by atoms with Gasteiger partial charge in [-0.3, -0.25) is 4.79 Å². The van der Waals surface area contributed by atoms with E-state index < -0.39 is 11.4 Å². The molecule has 0 radical (unpaired) electrons. The van der Waals surface area contributed by atoms with Gasteiger partial charge in [-0.25, -0.2) is 4.79 Å². The lowest BCUT2D eigenvalue weighted by Crippen LogP contribution is -2.47. The molecule has 120 valence electrons. The van der Waals surface area contributed by atoms with Crippen LogP contribution in [0.4, 0.5) is 4.79 Å². The highest BCUT2D eigenvalue weighted by Crippen LogP contribution is 2.35. The molecule has 2 rings (SSSR count). The van der Waals surface area contributed by atoms with E-state index in [4.69, 9.17) is 0 Å². The Labute approximate surface area is 127 Å². The van der Waals surface area contributed by atoms with Gasteiger partial charge in [-0.1, -0.05) is 39.5 Å². The zero-order valence-corrected chi connectivity index (χ0v) is 13.2. The maximum absolute atomic E-state index is 12.3. The third-order valence-electron chi connectivity index (χ3n) is 5.37. The van der Waals surface area contributed by atoms with E-state index in [1.807, 2.05) is 4.90 Å². The van der Waals surface area contributed by atoms with Crippen molar-refractivity contribution in [1.82, 2.24) is 10.2 Å². The fourth-order valence-electron chi connectivity index (χ4n) is 3.52. The largest absolute Gasteiger partial charge is 0.481 e. The number of likely N-dealkylation sites (tertiary alicyclic amines) is 1. The summed E-state index contributed by atoms with van der Waals surface area (Å²) in [5.74, 6) is 0.275. The van der Waals surface area contributed by atoms with E-state index in [0.717, 1.165) is 38.8 Å². The molecule has 0 spiro atoms. The molecule has 2 aliphatic rings. The number of rotatable bonds is 3. The van der Waals surface area contributed by atoms with Gasteiger partial charge in [0.15, 0.2) is 0 Å². The molecule has 1 aliphatic carbocycles. The van der Waals surface area contributed by atoms with Crippen LogP contribution in [0.5, 0.6) is 0 Å². The van der Waals surface area contributed by atoms with E-state index in [0.29, 0.717) is 24.7 Å². The first-order valence-electron chi connectivity index (χ1n) is 8.21. The van der Waals surface area contributed by atoms with Crippen molar-refractivity contribution in [2.75, 3.05) is 19.6 Å². The van der Waals surface area contributed by atoms with Gasteiger partial charge in [0.25, 0.3) is 0 Å². The van der Waals surface area contributed by atoms with E-state index in [1.54, 1.807) is 0 Å². The summed E-state index contributed by atoms with van der Waals surface area (Å²) in [4.78, 5) is 25.8. The highest BCUT2D eigenvalue weighted by molar-refractivity contribution is 5.78. The van der Waals surface area contributed by atoms with E-state index in [1.165, 1.54) is 0 Å². The number of carbonyl (C=O) groups is 2. The first-order chi connectivity index (χ1) is 9.94. The average Bonchev–Trinajstić information content (AvgIpc) is 2.67. The molecule has 0 aromatic rings. The van der Waals surface area contributed by atoms with Gasteiger partial charge in [0.1, 0.15) is 0 Å². The molecule has 5 nitrogen and oxygen atoms in total. The van der Waals surface area contributed by atoms with E-state index in [2.05, 4.69) is 19.2 Å². The number of aliphatic carboxylic acids is 1. The van der Waals surface area contributed by atoms with Crippen LogP contribution in [-0.2, 0) is 4.79 Å². The Morgan fingerprint density at radius 1 is 1.10 bits per heavy atom. The van der Waals surface area contributed by atoms with Crippen LogP contribution in [0, 0.1) is 17.3 Å². The van der Waals surface area contributed by atoms with E-state index in [9.17, 15) is 14.7 Å². The number of urea groups is 1. The van der Waals surface area contributed by atoms with Gasteiger partial charge in [-0.2, -0.15) is 0 Å². The summed E-state index contributed by atoms with van der Waals surface area (Å²) >= 11 is 0. The SMILES string of the molecule is CC1CN(C(=O)NCC2(C(=O)O)CCCCCC2)CC1C. The summed E-state index contributed by atoms with van der Waals surface area (Å²) in [7, 11) is 0. The van der Waals surface area contributed by atoms with Crippen molar-refractivity contribution in [1.29, 1.82) is 0 Å². The number of hydrogen-bond acceptors (Lipinski definition) is 2. The molecule has 2 unspecified atom stereocenters. The predicted octanol–water partition coefficient (Wildman–Crippen LogP) is 2.71. The molecule has 21 heavy (non-hydrogen) atoms. The predicted molar refractivity (Wildman–Crippen MR) is 81.1 cm³/mol. The first-order valence-corrected chi connectivity index (χ1v) is 8.21. The smallest absolute Gasteiger partial charge is 0.317 e. The van der Waals surface area contributed by atoms with Crippen LogP contribution < -0.4 is 5.32 Å². The molecule has 2 fully saturated rings. The van der Waals surface area contributed by atoms with Crippen molar-refractivity contribution >= 4 is 12.0 Å². The lowest BCUT2D eigenvalue weighted by Gasteiger charge is -2.29. The highest BCUT2D eigenvalue weighted by Gasteiger charge is 2.39. The fourth-order valence-corrected chi connectivity index (χ4v) is 3.52. The lowest BCUT2D eigenvalue weighted by molar-refractivity contribution is -0.149. The van der Waals surface area contributed by atoms with Crippen molar-refractivity contribution in [3.05, 3.63) is 0 Å². The molecule has 1 saturated carbocycles. The molecule has 2 atom stereocenters. The summed E-state index contributed by atoms with van der Waals surface area (Å²) in [6.45, 7) is 6.12. The number of amides is 2. The second kappa shape index (κ2) is 6.67. The van der Waals surface area contributed by atoms with Gasteiger partial charge in [-0.15, -0.1) is 0 Å². The van der Waals surface area contributed by atoms with Crippen LogP contribution in [-0.4, -0.2) is 41.6 Å². The van der Waals surface area contributed by atoms with Crippen LogP contribution in [0.2, 0.25) is 0 Å². The molecule has 1 aliphatic heterocycles. The Morgan fingerprint density at radius 2 is 1.62 bits per heavy atom. The lowest BCUT2D eigenvalue weighted by atomic mass is 9.80. The minimum absolute atomic E-state index is 0.101. The Hall–Kier alpha value is -1.26. The Kier molecular flexibility index (Phi) is 5.12. The maximum atomic E-state index is 12.3. The summed E-state index contributed by atoms with van der Waals surface area (Å²) < 4.78 is 0. The maximum Gasteiger partial charge on any atom is 0.317 e. The van der Waals surface area contributed by atoms with Gasteiger partial charge in [-0.05, 0) is 24.7 Å². The van der Waals surface area contributed by atoms with E-state index in [-0.39, 0.29) is 12.6 Å². The van der Waals surface area contributed by atoms with Crippen LogP contribution >= 0.6 is 0 Å². The van der Waals surface area contributed by atoms with Crippen LogP contribution in [0.3, 0.4) is 0 Å². The van der Waals surface area contributed by atoms with Crippen molar-refractivity contribution in [2.45, 2.75) is 52.4 Å². The summed E-state index contributed by atoms with van der Waals surface area (Å²) in [5, 5.41) is 12.5. The van der Waals surface area contributed by atoms with Crippen LogP contribution in [0.25, 0.3) is 0 Å². The van der Waals surface area contributed by atoms with Crippen molar-refractivity contribution < 1.29 is 14.7 Å². The topological polar surface area (TPSA) is 69.6 Å². The summed E-state index contributed by atoms with van der Waals surface area (Å²) in [5.41, 5.74) is -0.761. The zero-order chi connectivity index (χ0) is 15.5. The van der Waals surface area contributed by atoms with Gasteiger partial charge in [0.05, 0.1) is 5.41 Å². The minimum Gasteiger partial charge on any atom is -0.481 e. The summed E-state index contributed by atoms with van der Waals surface area (Å²) in [6.07, 6.45) is 5.44. The fraction of sp³-hybridized carbons (Fsp3) is 0.875. The molecular weight excluding hydrogens is 268 g/mol. The molecule has 0 bridgehead atoms. The zero-order valence-electron chi connectivity index (χ0n) is 13.2. The second-order valence-corrected chi connectivity index (χ2v) is 7.02. The Balaban J connectivity index is 1.92. The summed E-state index contributed by atoms with van der Waals surface area (Å²) in [6, 6.07) is -0.101.